The molecule has 0 bridgehead atoms. The van der Waals surface area contributed by atoms with Gasteiger partial charge < -0.3 is 10.2 Å². The highest BCUT2D eigenvalue weighted by molar-refractivity contribution is 6.30. The van der Waals surface area contributed by atoms with Crippen LogP contribution in [0.15, 0.2) is 36.4 Å². The number of hydrogen-bond donors (Lipinski definition) is 1. The van der Waals surface area contributed by atoms with Gasteiger partial charge in [-0.2, -0.15) is 0 Å². The van der Waals surface area contributed by atoms with E-state index in [9.17, 15) is 22.8 Å². The van der Waals surface area contributed by atoms with Crippen LogP contribution in [0.4, 0.5) is 18.9 Å². The summed E-state index contributed by atoms with van der Waals surface area (Å²) in [6.07, 6.45) is 0. The third-order valence-corrected chi connectivity index (χ3v) is 3.63. The smallest absolute Gasteiger partial charge is 0.244 e. The average molecular weight is 371 g/mol. The van der Waals surface area contributed by atoms with Gasteiger partial charge in [0, 0.05) is 18.5 Å². The maximum absolute atomic E-state index is 13.6. The number of amides is 2. The topological polar surface area (TPSA) is 49.4 Å². The van der Waals surface area contributed by atoms with Crippen molar-refractivity contribution < 1.29 is 22.8 Å². The van der Waals surface area contributed by atoms with Crippen LogP contribution in [0.2, 0.25) is 5.02 Å². The van der Waals surface area contributed by atoms with Gasteiger partial charge in [-0.25, -0.2) is 13.2 Å². The molecule has 4 nitrogen and oxygen atoms in total. The molecule has 2 amide bonds. The maximum atomic E-state index is 13.6. The van der Waals surface area contributed by atoms with Gasteiger partial charge in [0.05, 0.1) is 5.69 Å². The van der Waals surface area contributed by atoms with Gasteiger partial charge in [-0.3, -0.25) is 9.59 Å². The van der Waals surface area contributed by atoms with Crippen molar-refractivity contribution in [2.45, 2.75) is 13.5 Å². The quantitative estimate of drug-likeness (QED) is 0.815. The number of halogens is 4. The highest BCUT2D eigenvalue weighted by Gasteiger charge is 2.18. The molecule has 0 spiro atoms. The molecule has 8 heteroatoms. The van der Waals surface area contributed by atoms with Crippen molar-refractivity contribution in [3.63, 3.8) is 0 Å². The first-order valence-corrected chi connectivity index (χ1v) is 7.59. The number of nitrogens with one attached hydrogen (secondary N) is 1. The van der Waals surface area contributed by atoms with Gasteiger partial charge in [0.25, 0.3) is 0 Å². The third-order valence-electron chi connectivity index (χ3n) is 3.38. The van der Waals surface area contributed by atoms with Crippen molar-refractivity contribution in [2.24, 2.45) is 0 Å². The van der Waals surface area contributed by atoms with Crippen LogP contribution < -0.4 is 5.32 Å². The highest BCUT2D eigenvalue weighted by Crippen LogP contribution is 2.19. The number of hydrogen-bond acceptors (Lipinski definition) is 2. The Morgan fingerprint density at radius 2 is 1.68 bits per heavy atom. The van der Waals surface area contributed by atoms with Crippen LogP contribution >= 0.6 is 11.6 Å². The Morgan fingerprint density at radius 1 is 1.04 bits per heavy atom. The van der Waals surface area contributed by atoms with Crippen molar-refractivity contribution in [3.05, 3.63) is 64.4 Å². The van der Waals surface area contributed by atoms with E-state index in [2.05, 4.69) is 5.32 Å². The van der Waals surface area contributed by atoms with Crippen molar-refractivity contribution in [2.75, 3.05) is 11.9 Å². The molecule has 2 rings (SSSR count). The van der Waals surface area contributed by atoms with Gasteiger partial charge in [-0.15, -0.1) is 0 Å². The molecule has 132 valence electrons. The van der Waals surface area contributed by atoms with Gasteiger partial charge in [0.1, 0.15) is 6.54 Å². The Kier molecular flexibility index (Phi) is 6.03. The van der Waals surface area contributed by atoms with E-state index in [1.807, 2.05) is 0 Å². The van der Waals surface area contributed by atoms with E-state index in [0.29, 0.717) is 11.1 Å². The molecule has 0 unspecified atom stereocenters. The molecule has 2 aromatic rings. The number of anilines is 1. The molecule has 0 fully saturated rings. The Morgan fingerprint density at radius 3 is 2.28 bits per heavy atom. The summed E-state index contributed by atoms with van der Waals surface area (Å²) in [6.45, 7) is 1.04. The van der Waals surface area contributed by atoms with Crippen molar-refractivity contribution in [3.8, 4) is 0 Å². The van der Waals surface area contributed by atoms with Gasteiger partial charge in [-0.05, 0) is 29.8 Å². The summed E-state index contributed by atoms with van der Waals surface area (Å²) in [4.78, 5) is 24.9. The summed E-state index contributed by atoms with van der Waals surface area (Å²) < 4.78 is 39.7. The molecule has 0 aliphatic heterocycles. The second kappa shape index (κ2) is 8.02. The largest absolute Gasteiger partial charge is 0.329 e. The molecular weight excluding hydrogens is 357 g/mol. The van der Waals surface area contributed by atoms with E-state index in [-0.39, 0.29) is 19.0 Å². The summed E-state index contributed by atoms with van der Waals surface area (Å²) in [6, 6.07) is 8.29. The van der Waals surface area contributed by atoms with Crippen LogP contribution in [0.1, 0.15) is 12.5 Å². The normalized spacial score (nSPS) is 10.4. The first kappa shape index (κ1) is 18.8. The number of nitrogens with zero attached hydrogens (tertiary/aromatic N) is 1. The van der Waals surface area contributed by atoms with Crippen LogP contribution in [-0.4, -0.2) is 23.3 Å². The minimum absolute atomic E-state index is 0.139. The van der Waals surface area contributed by atoms with E-state index in [1.54, 1.807) is 24.3 Å². The lowest BCUT2D eigenvalue weighted by atomic mass is 10.2. The lowest BCUT2D eigenvalue weighted by Crippen LogP contribution is -2.36. The summed E-state index contributed by atoms with van der Waals surface area (Å²) in [5, 5.41) is 2.66. The van der Waals surface area contributed by atoms with Crippen LogP contribution in [0.25, 0.3) is 0 Å². The fourth-order valence-electron chi connectivity index (χ4n) is 2.07. The average Bonchev–Trinajstić information content (AvgIpc) is 2.56. The van der Waals surface area contributed by atoms with Crippen LogP contribution in [0.3, 0.4) is 0 Å². The van der Waals surface area contributed by atoms with E-state index < -0.39 is 29.0 Å². The minimum atomic E-state index is -1.68. The molecule has 0 heterocycles. The molecule has 25 heavy (non-hydrogen) atoms. The number of rotatable bonds is 5. The Labute approximate surface area is 147 Å². The van der Waals surface area contributed by atoms with E-state index in [0.717, 1.165) is 11.6 Å². The predicted octanol–water partition coefficient (Wildman–Crippen LogP) is 3.74. The second-order valence-electron chi connectivity index (χ2n) is 5.27. The number of benzene rings is 2. The predicted molar refractivity (Wildman–Crippen MR) is 87.5 cm³/mol. The molecule has 0 aromatic heterocycles. The SMILES string of the molecule is CC(=O)N(CC(=O)Nc1ccc(F)c(F)c1F)Cc1ccc(Cl)cc1. The number of carbonyl (C=O) groups is 2. The zero-order valence-corrected chi connectivity index (χ0v) is 13.9. The first-order valence-electron chi connectivity index (χ1n) is 7.21. The van der Waals surface area contributed by atoms with Crippen molar-refractivity contribution in [1.82, 2.24) is 4.90 Å². The third kappa shape index (κ3) is 4.96. The van der Waals surface area contributed by atoms with E-state index >= 15 is 0 Å². The summed E-state index contributed by atoms with van der Waals surface area (Å²) in [5.41, 5.74) is 0.241. The van der Waals surface area contributed by atoms with E-state index in [4.69, 9.17) is 11.6 Å². The molecule has 0 atom stereocenters. The van der Waals surface area contributed by atoms with Crippen molar-refractivity contribution in [1.29, 1.82) is 0 Å². The molecule has 0 saturated carbocycles. The Bertz CT molecular complexity index is 797. The first-order chi connectivity index (χ1) is 11.8. The van der Waals surface area contributed by atoms with E-state index in [1.165, 1.54) is 11.8 Å². The Balaban J connectivity index is 2.06. The number of carbonyl (C=O) groups excluding carboxylic acids is 2. The highest BCUT2D eigenvalue weighted by atomic mass is 35.5. The molecule has 0 aliphatic carbocycles. The van der Waals surface area contributed by atoms with Crippen LogP contribution in [0, 0.1) is 17.5 Å². The standard InChI is InChI=1S/C17H14ClF3N2O2/c1-10(24)23(8-11-2-4-12(18)5-3-11)9-15(25)22-14-7-6-13(19)16(20)17(14)21/h2-7H,8-9H2,1H3,(H,22,25). The monoisotopic (exact) mass is 370 g/mol. The molecule has 0 aliphatic rings. The second-order valence-corrected chi connectivity index (χ2v) is 5.71. The van der Waals surface area contributed by atoms with Gasteiger partial charge in [-0.1, -0.05) is 23.7 Å². The Hall–Kier alpha value is -2.54. The van der Waals surface area contributed by atoms with Crippen molar-refractivity contribution >= 4 is 29.1 Å². The van der Waals surface area contributed by atoms with Gasteiger partial charge in [0.2, 0.25) is 11.8 Å². The lowest BCUT2D eigenvalue weighted by Gasteiger charge is -2.21. The molecule has 0 radical (unpaired) electrons. The lowest BCUT2D eigenvalue weighted by molar-refractivity contribution is -0.133. The fourth-order valence-corrected chi connectivity index (χ4v) is 2.20. The maximum Gasteiger partial charge on any atom is 0.244 e. The fraction of sp³-hybridized carbons (Fsp3) is 0.176. The summed E-state index contributed by atoms with van der Waals surface area (Å²) in [7, 11) is 0. The summed E-state index contributed by atoms with van der Waals surface area (Å²) >= 11 is 5.79. The van der Waals surface area contributed by atoms with Crippen LogP contribution in [-0.2, 0) is 16.1 Å². The summed E-state index contributed by atoms with van der Waals surface area (Å²) in [5.74, 6) is -5.66. The van der Waals surface area contributed by atoms with Gasteiger partial charge in [0.15, 0.2) is 17.5 Å². The molecular formula is C17H14ClF3N2O2. The van der Waals surface area contributed by atoms with Crippen LogP contribution in [0.5, 0.6) is 0 Å². The van der Waals surface area contributed by atoms with Gasteiger partial charge >= 0.3 is 0 Å². The molecule has 2 aromatic carbocycles. The minimum Gasteiger partial charge on any atom is -0.329 e. The molecule has 0 saturated heterocycles. The zero-order chi connectivity index (χ0) is 18.6. The molecule has 1 N–H and O–H groups in total. The zero-order valence-electron chi connectivity index (χ0n) is 13.2.